The van der Waals surface area contributed by atoms with Crippen LogP contribution in [0.5, 0.6) is 0 Å². The predicted octanol–water partition coefficient (Wildman–Crippen LogP) is 8.69. The van der Waals surface area contributed by atoms with Crippen molar-refractivity contribution in [2.75, 3.05) is 0 Å². The molecule has 1 aromatic carbocycles. The first-order chi connectivity index (χ1) is 13.2. The van der Waals surface area contributed by atoms with Gasteiger partial charge in [0.15, 0.2) is 0 Å². The molecule has 0 heteroatoms. The Morgan fingerprint density at radius 1 is 0.963 bits per heavy atom. The Balaban J connectivity index is 0.000000465. The molecule has 2 aliphatic carbocycles. The highest BCUT2D eigenvalue weighted by molar-refractivity contribution is 5.65. The molecule has 0 spiro atoms. The molecule has 0 bridgehead atoms. The third kappa shape index (κ3) is 7.32. The van der Waals surface area contributed by atoms with Gasteiger partial charge in [0.1, 0.15) is 0 Å². The van der Waals surface area contributed by atoms with Crippen molar-refractivity contribution in [1.82, 2.24) is 0 Å². The molecular formula is C27H42. The van der Waals surface area contributed by atoms with Gasteiger partial charge in [-0.15, -0.1) is 0 Å². The van der Waals surface area contributed by atoms with Gasteiger partial charge >= 0.3 is 0 Å². The predicted molar refractivity (Wildman–Crippen MR) is 122 cm³/mol. The van der Waals surface area contributed by atoms with E-state index in [0.29, 0.717) is 0 Å². The molecule has 0 unspecified atom stereocenters. The molecule has 1 fully saturated rings. The fourth-order valence-electron chi connectivity index (χ4n) is 4.41. The molecule has 0 N–H and O–H groups in total. The minimum atomic E-state index is 0.779. The molecule has 3 rings (SSSR count). The summed E-state index contributed by atoms with van der Waals surface area (Å²) in [5.74, 6) is 0.779. The van der Waals surface area contributed by atoms with Crippen LogP contribution < -0.4 is 0 Å². The normalized spacial score (nSPS) is 17.7. The average Bonchev–Trinajstić information content (AvgIpc) is 2.73. The largest absolute Gasteiger partial charge is 0.0993 e. The van der Waals surface area contributed by atoms with Gasteiger partial charge in [-0.05, 0) is 80.1 Å². The monoisotopic (exact) mass is 366 g/mol. The summed E-state index contributed by atoms with van der Waals surface area (Å²) in [6, 6.07) is 7.11. The molecule has 0 nitrogen and oxygen atoms in total. The zero-order valence-electron chi connectivity index (χ0n) is 18.3. The van der Waals surface area contributed by atoms with Crippen molar-refractivity contribution >= 4 is 5.57 Å². The van der Waals surface area contributed by atoms with Gasteiger partial charge in [-0.25, -0.2) is 0 Å². The second kappa shape index (κ2) is 12.2. The Hall–Kier alpha value is -1.30. The maximum atomic E-state index is 4.37. The van der Waals surface area contributed by atoms with Gasteiger partial charge in [0.25, 0.3) is 0 Å². The van der Waals surface area contributed by atoms with Crippen molar-refractivity contribution in [3.8, 4) is 0 Å². The highest BCUT2D eigenvalue weighted by atomic mass is 14.2. The molecule has 1 aromatic rings. The molecule has 0 radical (unpaired) electrons. The maximum absolute atomic E-state index is 4.37. The number of aryl methyl sites for hydroxylation is 2. The Kier molecular flexibility index (Phi) is 9.95. The van der Waals surface area contributed by atoms with Gasteiger partial charge in [-0.3, -0.25) is 0 Å². The summed E-state index contributed by atoms with van der Waals surface area (Å²) >= 11 is 0. The number of fused-ring (bicyclic) bond motifs is 1. The van der Waals surface area contributed by atoms with Gasteiger partial charge < -0.3 is 0 Å². The van der Waals surface area contributed by atoms with E-state index in [0.717, 1.165) is 12.3 Å². The molecule has 0 amide bonds. The van der Waals surface area contributed by atoms with E-state index in [1.807, 2.05) is 0 Å². The van der Waals surface area contributed by atoms with Gasteiger partial charge in [0.05, 0.1) is 0 Å². The second-order valence-electron chi connectivity index (χ2n) is 8.63. The lowest BCUT2D eigenvalue weighted by Crippen LogP contribution is -2.08. The van der Waals surface area contributed by atoms with Crippen LogP contribution in [0.3, 0.4) is 0 Å². The molecule has 0 heterocycles. The van der Waals surface area contributed by atoms with Gasteiger partial charge in [-0.1, -0.05) is 88.8 Å². The van der Waals surface area contributed by atoms with Crippen molar-refractivity contribution in [3.63, 3.8) is 0 Å². The number of unbranched alkanes of at least 4 members (excludes halogenated alkanes) is 2. The summed E-state index contributed by atoms with van der Waals surface area (Å²) in [6.07, 6.45) is 19.8. The van der Waals surface area contributed by atoms with Crippen LogP contribution >= 0.6 is 0 Å². The van der Waals surface area contributed by atoms with Crippen molar-refractivity contribution in [2.24, 2.45) is 5.92 Å². The Labute approximate surface area is 169 Å². The van der Waals surface area contributed by atoms with Crippen LogP contribution in [0.2, 0.25) is 0 Å². The van der Waals surface area contributed by atoms with E-state index in [2.05, 4.69) is 51.6 Å². The van der Waals surface area contributed by atoms with Crippen molar-refractivity contribution in [2.45, 2.75) is 104 Å². The standard InChI is InChI=1S/C22H30.C5H12/c1-17(19-8-4-3-5-9-19)12-13-18(2)21-15-14-20-10-6-7-11-22(20)16-21;1-3-5-4-2/h13-16,19H,1,3-12H2,2H3;3-5H2,1-2H3/b18-13+;. The summed E-state index contributed by atoms with van der Waals surface area (Å²) in [5.41, 5.74) is 7.46. The van der Waals surface area contributed by atoms with Gasteiger partial charge in [-0.2, -0.15) is 0 Å². The van der Waals surface area contributed by atoms with E-state index in [1.54, 1.807) is 11.1 Å². The fourth-order valence-corrected chi connectivity index (χ4v) is 4.41. The highest BCUT2D eigenvalue weighted by Gasteiger charge is 2.15. The van der Waals surface area contributed by atoms with E-state index in [1.165, 1.54) is 93.8 Å². The van der Waals surface area contributed by atoms with Crippen molar-refractivity contribution in [1.29, 1.82) is 0 Å². The molecular weight excluding hydrogens is 324 g/mol. The molecule has 0 saturated heterocycles. The Bertz CT molecular complexity index is 596. The minimum Gasteiger partial charge on any atom is -0.0993 e. The zero-order valence-corrected chi connectivity index (χ0v) is 18.3. The number of hydrogen-bond acceptors (Lipinski definition) is 0. The first kappa shape index (κ1) is 22.0. The molecule has 0 aromatic heterocycles. The van der Waals surface area contributed by atoms with E-state index in [-0.39, 0.29) is 0 Å². The van der Waals surface area contributed by atoms with Crippen molar-refractivity contribution < 1.29 is 0 Å². The van der Waals surface area contributed by atoms with E-state index in [9.17, 15) is 0 Å². The van der Waals surface area contributed by atoms with E-state index < -0.39 is 0 Å². The highest BCUT2D eigenvalue weighted by Crippen LogP contribution is 2.31. The number of hydrogen-bond donors (Lipinski definition) is 0. The SMILES string of the molecule is C=C(C/C=C(\C)c1ccc2c(c1)CCCC2)C1CCCCC1.CCCCC. The summed E-state index contributed by atoms with van der Waals surface area (Å²) in [6.45, 7) is 11.1. The Morgan fingerprint density at radius 3 is 2.26 bits per heavy atom. The van der Waals surface area contributed by atoms with Crippen LogP contribution in [0.1, 0.15) is 108 Å². The molecule has 1 saturated carbocycles. The summed E-state index contributed by atoms with van der Waals surface area (Å²) in [7, 11) is 0. The van der Waals surface area contributed by atoms with Crippen LogP contribution in [-0.2, 0) is 12.8 Å². The van der Waals surface area contributed by atoms with E-state index in [4.69, 9.17) is 0 Å². The third-order valence-corrected chi connectivity index (χ3v) is 6.36. The summed E-state index contributed by atoms with van der Waals surface area (Å²) < 4.78 is 0. The number of allylic oxidation sites excluding steroid dienone is 3. The summed E-state index contributed by atoms with van der Waals surface area (Å²) in [5, 5.41) is 0. The number of rotatable bonds is 6. The molecule has 0 aliphatic heterocycles. The maximum Gasteiger partial charge on any atom is -0.0133 e. The quantitative estimate of drug-likeness (QED) is 0.442. The van der Waals surface area contributed by atoms with Crippen LogP contribution in [-0.4, -0.2) is 0 Å². The van der Waals surface area contributed by atoms with Crippen LogP contribution in [0, 0.1) is 5.92 Å². The minimum absolute atomic E-state index is 0.779. The van der Waals surface area contributed by atoms with E-state index >= 15 is 0 Å². The van der Waals surface area contributed by atoms with Crippen LogP contribution in [0.25, 0.3) is 5.57 Å². The average molecular weight is 367 g/mol. The first-order valence-electron chi connectivity index (χ1n) is 11.6. The number of benzene rings is 1. The molecule has 150 valence electrons. The smallest absolute Gasteiger partial charge is 0.0133 e. The van der Waals surface area contributed by atoms with Crippen molar-refractivity contribution in [3.05, 3.63) is 53.1 Å². The van der Waals surface area contributed by atoms with Crippen LogP contribution in [0.4, 0.5) is 0 Å². The molecule has 27 heavy (non-hydrogen) atoms. The molecule has 2 aliphatic rings. The third-order valence-electron chi connectivity index (χ3n) is 6.36. The lowest BCUT2D eigenvalue weighted by Gasteiger charge is -2.23. The fraction of sp³-hybridized carbons (Fsp3) is 0.630. The summed E-state index contributed by atoms with van der Waals surface area (Å²) in [4.78, 5) is 0. The first-order valence-corrected chi connectivity index (χ1v) is 11.6. The topological polar surface area (TPSA) is 0 Å². The van der Waals surface area contributed by atoms with Gasteiger partial charge in [0, 0.05) is 0 Å². The van der Waals surface area contributed by atoms with Gasteiger partial charge in [0.2, 0.25) is 0 Å². The second-order valence-corrected chi connectivity index (χ2v) is 8.63. The lowest BCUT2D eigenvalue weighted by molar-refractivity contribution is 0.400. The Morgan fingerprint density at radius 2 is 1.63 bits per heavy atom. The lowest BCUT2D eigenvalue weighted by atomic mass is 9.83. The molecule has 0 atom stereocenters. The van der Waals surface area contributed by atoms with Crippen LogP contribution in [0.15, 0.2) is 36.4 Å². The zero-order chi connectivity index (χ0) is 19.5.